The number of nitrogens with one attached hydrogen (secondary N) is 2. The van der Waals surface area contributed by atoms with Gasteiger partial charge in [0.15, 0.2) is 0 Å². The van der Waals surface area contributed by atoms with Gasteiger partial charge < -0.3 is 32.3 Å². The van der Waals surface area contributed by atoms with Gasteiger partial charge in [-0.1, -0.05) is 0 Å². The number of carbonyl (C=O) groups excluding carboxylic acids is 3. The van der Waals surface area contributed by atoms with Crippen molar-refractivity contribution < 1.29 is 34.2 Å². The Bertz CT molecular complexity index is 495. The molecule has 0 heterocycles. The topological polar surface area (TPSA) is 202 Å². The third-order valence-corrected chi connectivity index (χ3v) is 2.96. The number of rotatable bonds is 12. The number of carbonyl (C=O) groups is 5. The smallest absolute Gasteiger partial charge is 0.326 e. The van der Waals surface area contributed by atoms with Crippen LogP contribution in [0, 0.1) is 0 Å². The molecule has 0 saturated heterocycles. The van der Waals surface area contributed by atoms with Gasteiger partial charge in [0.05, 0.1) is 0 Å². The Morgan fingerprint density at radius 3 is 1.92 bits per heavy atom. The van der Waals surface area contributed by atoms with E-state index >= 15 is 0 Å². The summed E-state index contributed by atoms with van der Waals surface area (Å²) in [6.45, 7) is 0.0480. The molecular formula is C13H22N4O7. The minimum atomic E-state index is -1.43. The predicted octanol–water partition coefficient (Wildman–Crippen LogP) is -2.48. The van der Waals surface area contributed by atoms with Crippen molar-refractivity contribution in [2.45, 2.75) is 44.2 Å². The molecule has 136 valence electrons. The number of primary amides is 1. The average molecular weight is 346 g/mol. The fraction of sp³-hybridized carbons (Fsp3) is 0.615. The first-order valence-corrected chi connectivity index (χ1v) is 7.20. The molecule has 24 heavy (non-hydrogen) atoms. The number of aliphatic carboxylic acids is 2. The number of carboxylic acids is 2. The second kappa shape index (κ2) is 10.9. The van der Waals surface area contributed by atoms with Crippen LogP contribution in [-0.4, -0.2) is 58.5 Å². The van der Waals surface area contributed by atoms with Crippen LogP contribution in [0.5, 0.6) is 0 Å². The van der Waals surface area contributed by atoms with Gasteiger partial charge >= 0.3 is 11.9 Å². The predicted molar refractivity (Wildman–Crippen MR) is 80.5 cm³/mol. The maximum atomic E-state index is 12.1. The lowest BCUT2D eigenvalue weighted by molar-refractivity contribution is -0.143. The lowest BCUT2D eigenvalue weighted by Crippen LogP contribution is -2.52. The van der Waals surface area contributed by atoms with Gasteiger partial charge in [0.1, 0.15) is 12.1 Å². The zero-order chi connectivity index (χ0) is 18.7. The van der Waals surface area contributed by atoms with Gasteiger partial charge in [0, 0.05) is 25.8 Å². The van der Waals surface area contributed by atoms with Crippen LogP contribution in [0.2, 0.25) is 0 Å². The highest BCUT2D eigenvalue weighted by molar-refractivity contribution is 5.91. The maximum Gasteiger partial charge on any atom is 0.326 e. The average Bonchev–Trinajstić information content (AvgIpc) is 2.46. The van der Waals surface area contributed by atoms with Crippen LogP contribution in [0.1, 0.15) is 32.1 Å². The summed E-state index contributed by atoms with van der Waals surface area (Å²) in [5, 5.41) is 22.1. The summed E-state index contributed by atoms with van der Waals surface area (Å²) >= 11 is 0. The van der Waals surface area contributed by atoms with Gasteiger partial charge in [-0.15, -0.1) is 0 Å². The Balaban J connectivity index is 4.90. The summed E-state index contributed by atoms with van der Waals surface area (Å²) in [4.78, 5) is 56.1. The summed E-state index contributed by atoms with van der Waals surface area (Å²) in [7, 11) is 0. The lowest BCUT2D eigenvalue weighted by Gasteiger charge is -2.21. The van der Waals surface area contributed by atoms with Crippen LogP contribution >= 0.6 is 0 Å². The number of amides is 3. The summed E-state index contributed by atoms with van der Waals surface area (Å²) in [6, 6.07) is -2.61. The van der Waals surface area contributed by atoms with Gasteiger partial charge in [0.2, 0.25) is 17.7 Å². The van der Waals surface area contributed by atoms with Crippen LogP contribution in [0.4, 0.5) is 0 Å². The van der Waals surface area contributed by atoms with Gasteiger partial charge in [0.25, 0.3) is 0 Å². The van der Waals surface area contributed by atoms with Crippen LogP contribution < -0.4 is 22.1 Å². The van der Waals surface area contributed by atoms with Gasteiger partial charge in [-0.05, 0) is 12.8 Å². The summed E-state index contributed by atoms with van der Waals surface area (Å²) in [6.07, 6.45) is -1.16. The number of hydrogen-bond acceptors (Lipinski definition) is 6. The van der Waals surface area contributed by atoms with Crippen molar-refractivity contribution in [3.63, 3.8) is 0 Å². The molecule has 11 heteroatoms. The molecule has 0 rings (SSSR count). The summed E-state index contributed by atoms with van der Waals surface area (Å²) in [5.41, 5.74) is 10.2. The number of carboxylic acid groups (broad SMARTS) is 2. The Labute approximate surface area is 137 Å². The van der Waals surface area contributed by atoms with Gasteiger partial charge in [-0.2, -0.15) is 0 Å². The molecule has 11 nitrogen and oxygen atoms in total. The molecule has 2 atom stereocenters. The molecule has 0 aliphatic carbocycles. The molecule has 0 aromatic heterocycles. The van der Waals surface area contributed by atoms with E-state index < -0.39 is 48.2 Å². The first kappa shape index (κ1) is 21.3. The van der Waals surface area contributed by atoms with Crippen molar-refractivity contribution in [2.75, 3.05) is 6.54 Å². The highest BCUT2D eigenvalue weighted by Gasteiger charge is 2.27. The number of nitrogens with two attached hydrogens (primary N) is 2. The van der Waals surface area contributed by atoms with Crippen molar-refractivity contribution in [1.82, 2.24) is 10.6 Å². The second-order valence-electron chi connectivity index (χ2n) is 5.00. The largest absolute Gasteiger partial charge is 0.481 e. The van der Waals surface area contributed by atoms with E-state index in [1.165, 1.54) is 0 Å². The molecule has 0 spiro atoms. The third-order valence-electron chi connectivity index (χ3n) is 2.96. The monoisotopic (exact) mass is 346 g/mol. The molecule has 0 aliphatic rings. The van der Waals surface area contributed by atoms with E-state index in [-0.39, 0.29) is 32.2 Å². The van der Waals surface area contributed by atoms with Crippen LogP contribution in [0.25, 0.3) is 0 Å². The van der Waals surface area contributed by atoms with Crippen molar-refractivity contribution in [1.29, 1.82) is 0 Å². The standard InChI is InChI=1S/C13H22N4O7/c14-6-5-10(19)16-7(1-3-9(15)18)12(22)17-8(13(23)24)2-4-11(20)21/h7-8H,1-6,14H2,(H2,15,18)(H,16,19)(H,17,22)(H,20,21)(H,23,24)/t7-,8-/m0/s1. The van der Waals surface area contributed by atoms with E-state index in [0.29, 0.717) is 0 Å². The van der Waals surface area contributed by atoms with Gasteiger partial charge in [-0.3, -0.25) is 19.2 Å². The Morgan fingerprint density at radius 1 is 0.875 bits per heavy atom. The van der Waals surface area contributed by atoms with E-state index in [0.717, 1.165) is 0 Å². The van der Waals surface area contributed by atoms with Crippen molar-refractivity contribution >= 4 is 29.7 Å². The molecule has 0 unspecified atom stereocenters. The lowest BCUT2D eigenvalue weighted by atomic mass is 10.1. The summed E-state index contributed by atoms with van der Waals surface area (Å²) < 4.78 is 0. The minimum Gasteiger partial charge on any atom is -0.481 e. The zero-order valence-corrected chi connectivity index (χ0v) is 13.0. The molecule has 0 radical (unpaired) electrons. The fourth-order valence-electron chi connectivity index (χ4n) is 1.75. The second-order valence-corrected chi connectivity index (χ2v) is 5.00. The Morgan fingerprint density at radius 2 is 1.46 bits per heavy atom. The molecule has 0 aliphatic heterocycles. The molecule has 8 N–H and O–H groups in total. The fourth-order valence-corrected chi connectivity index (χ4v) is 1.75. The Kier molecular flexibility index (Phi) is 9.71. The third kappa shape index (κ3) is 9.35. The quantitative estimate of drug-likeness (QED) is 0.223. The van der Waals surface area contributed by atoms with Crippen LogP contribution in [-0.2, 0) is 24.0 Å². The van der Waals surface area contributed by atoms with Crippen molar-refractivity contribution in [3.05, 3.63) is 0 Å². The molecular weight excluding hydrogens is 324 g/mol. The van der Waals surface area contributed by atoms with E-state index in [9.17, 15) is 24.0 Å². The summed E-state index contributed by atoms with van der Waals surface area (Å²) in [5.74, 6) is -4.70. The minimum absolute atomic E-state index is 0.0480. The highest BCUT2D eigenvalue weighted by atomic mass is 16.4. The van der Waals surface area contributed by atoms with Crippen LogP contribution in [0.15, 0.2) is 0 Å². The zero-order valence-electron chi connectivity index (χ0n) is 13.0. The molecule has 0 bridgehead atoms. The maximum absolute atomic E-state index is 12.1. The van der Waals surface area contributed by atoms with E-state index in [2.05, 4.69) is 10.6 Å². The molecule has 0 aromatic rings. The highest BCUT2D eigenvalue weighted by Crippen LogP contribution is 2.03. The van der Waals surface area contributed by atoms with Crippen LogP contribution in [0.3, 0.4) is 0 Å². The first-order chi connectivity index (χ1) is 11.2. The number of hydrogen-bond donors (Lipinski definition) is 6. The normalized spacial score (nSPS) is 12.7. The molecule has 3 amide bonds. The SMILES string of the molecule is NCCC(=O)N[C@@H](CCC(N)=O)C(=O)N[C@@H](CCC(=O)O)C(=O)O. The molecule has 0 aromatic carbocycles. The Hall–Kier alpha value is -2.69. The van der Waals surface area contributed by atoms with Crippen molar-refractivity contribution in [2.24, 2.45) is 11.5 Å². The van der Waals surface area contributed by atoms with E-state index in [4.69, 9.17) is 21.7 Å². The van der Waals surface area contributed by atoms with E-state index in [1.807, 2.05) is 0 Å². The molecule has 0 fully saturated rings. The van der Waals surface area contributed by atoms with Crippen molar-refractivity contribution in [3.8, 4) is 0 Å². The van der Waals surface area contributed by atoms with Gasteiger partial charge in [-0.25, -0.2) is 4.79 Å². The first-order valence-electron chi connectivity index (χ1n) is 7.20. The molecule has 0 saturated carbocycles. The van der Waals surface area contributed by atoms with E-state index in [1.54, 1.807) is 0 Å².